The zero-order valence-electron chi connectivity index (χ0n) is 25.2. The van der Waals surface area contributed by atoms with Gasteiger partial charge in [0.1, 0.15) is 11.2 Å². The van der Waals surface area contributed by atoms with E-state index in [0.29, 0.717) is 17.5 Å². The van der Waals surface area contributed by atoms with Crippen LogP contribution in [0, 0.1) is 0 Å². The minimum atomic E-state index is 0.647. The summed E-state index contributed by atoms with van der Waals surface area (Å²) in [5.41, 5.74) is 4.68. The van der Waals surface area contributed by atoms with Crippen LogP contribution in [0.15, 0.2) is 156 Å². The van der Waals surface area contributed by atoms with E-state index < -0.39 is 0 Å². The number of hydrogen-bond donors (Lipinski definition) is 0. The Kier molecular flexibility index (Phi) is 5.54. The Morgan fingerprint density at radius 1 is 0.319 bits per heavy atom. The molecule has 8 aromatic carbocycles. The number of rotatable bonds is 3. The zero-order chi connectivity index (χ0) is 30.9. The molecule has 0 saturated carbocycles. The number of nitrogens with zero attached hydrogens (tertiary/aromatic N) is 3. The van der Waals surface area contributed by atoms with E-state index in [9.17, 15) is 0 Å². The summed E-state index contributed by atoms with van der Waals surface area (Å²) in [6.45, 7) is 0. The van der Waals surface area contributed by atoms with Crippen molar-refractivity contribution in [3.05, 3.63) is 152 Å². The van der Waals surface area contributed by atoms with Crippen LogP contribution in [0.4, 0.5) is 0 Å². The fraction of sp³-hybridized carbons (Fsp3) is 0. The van der Waals surface area contributed by atoms with Gasteiger partial charge in [0.2, 0.25) is 0 Å². The quantitative estimate of drug-likeness (QED) is 0.190. The van der Waals surface area contributed by atoms with Crippen molar-refractivity contribution in [1.29, 1.82) is 0 Å². The van der Waals surface area contributed by atoms with Gasteiger partial charge in [0.05, 0.1) is 0 Å². The summed E-state index contributed by atoms with van der Waals surface area (Å²) < 4.78 is 6.21. The lowest BCUT2D eigenvalue weighted by molar-refractivity contribution is 0.669. The summed E-state index contributed by atoms with van der Waals surface area (Å²) >= 11 is 0. The summed E-state index contributed by atoms with van der Waals surface area (Å²) in [5, 5.41) is 11.8. The van der Waals surface area contributed by atoms with Gasteiger partial charge in [0, 0.05) is 27.5 Å². The summed E-state index contributed by atoms with van der Waals surface area (Å²) in [5.74, 6) is 1.95. The van der Waals surface area contributed by atoms with Gasteiger partial charge < -0.3 is 4.42 Å². The van der Waals surface area contributed by atoms with Gasteiger partial charge in [-0.2, -0.15) is 0 Å². The highest BCUT2D eigenvalue weighted by molar-refractivity contribution is 6.28. The molecule has 4 nitrogen and oxygen atoms in total. The average molecular weight is 600 g/mol. The van der Waals surface area contributed by atoms with E-state index in [-0.39, 0.29) is 0 Å². The molecule has 0 unspecified atom stereocenters. The number of furan rings is 1. The van der Waals surface area contributed by atoms with Crippen LogP contribution in [0.2, 0.25) is 0 Å². The summed E-state index contributed by atoms with van der Waals surface area (Å²) in [4.78, 5) is 15.0. The van der Waals surface area contributed by atoms with E-state index in [1.807, 2.05) is 42.5 Å². The maximum absolute atomic E-state index is 6.21. The van der Waals surface area contributed by atoms with Gasteiger partial charge in [-0.3, -0.25) is 0 Å². The van der Waals surface area contributed by atoms with Crippen molar-refractivity contribution >= 4 is 65.0 Å². The molecule has 2 heterocycles. The van der Waals surface area contributed by atoms with Gasteiger partial charge in [0.15, 0.2) is 17.5 Å². The molecule has 0 radical (unpaired) electrons. The van der Waals surface area contributed by atoms with Gasteiger partial charge in [-0.15, -0.1) is 0 Å². The van der Waals surface area contributed by atoms with Crippen molar-refractivity contribution < 1.29 is 4.42 Å². The Balaban J connectivity index is 1.18. The fourth-order valence-corrected chi connectivity index (χ4v) is 7.01. The molecule has 0 aliphatic heterocycles. The monoisotopic (exact) mass is 599 g/mol. The van der Waals surface area contributed by atoms with Crippen LogP contribution in [0.25, 0.3) is 99.2 Å². The Hall–Kier alpha value is -6.39. The lowest BCUT2D eigenvalue weighted by Gasteiger charge is -2.12. The molecule has 0 aliphatic rings. The minimum absolute atomic E-state index is 0.647. The number of aromatic nitrogens is 3. The van der Waals surface area contributed by atoms with Crippen molar-refractivity contribution in [2.45, 2.75) is 0 Å². The first-order valence-electron chi connectivity index (χ1n) is 15.8. The molecule has 47 heavy (non-hydrogen) atoms. The third-order valence-electron chi connectivity index (χ3n) is 9.27. The maximum Gasteiger partial charge on any atom is 0.164 e. The molecule has 0 saturated heterocycles. The lowest BCUT2D eigenvalue weighted by Crippen LogP contribution is -2.00. The Morgan fingerprint density at radius 2 is 0.894 bits per heavy atom. The topological polar surface area (TPSA) is 51.8 Å². The SMILES string of the molecule is c1ccc(-c2nc(-c3ccc4ccccc4c3)nc(-c3ccc4c(ccc5ccc6c(ccc7oc8ccccc8c76)c54)c3)n2)cc1. The number of fused-ring (bicyclic) bond motifs is 10. The van der Waals surface area contributed by atoms with Crippen LogP contribution >= 0.6 is 0 Å². The van der Waals surface area contributed by atoms with E-state index in [2.05, 4.69) is 109 Å². The van der Waals surface area contributed by atoms with E-state index in [0.717, 1.165) is 49.4 Å². The molecule has 0 aliphatic carbocycles. The van der Waals surface area contributed by atoms with Crippen LogP contribution in [0.5, 0.6) is 0 Å². The molecular formula is C43H25N3O. The molecule has 0 amide bonds. The van der Waals surface area contributed by atoms with Crippen LogP contribution in [0.3, 0.4) is 0 Å². The van der Waals surface area contributed by atoms with Gasteiger partial charge in [-0.25, -0.2) is 15.0 Å². The third-order valence-corrected chi connectivity index (χ3v) is 9.27. The first kappa shape index (κ1) is 25.9. The van der Waals surface area contributed by atoms with E-state index in [1.165, 1.54) is 32.3 Å². The molecule has 0 fully saturated rings. The predicted octanol–water partition coefficient (Wildman–Crippen LogP) is 11.4. The minimum Gasteiger partial charge on any atom is -0.456 e. The van der Waals surface area contributed by atoms with Crippen molar-refractivity contribution in [2.24, 2.45) is 0 Å². The van der Waals surface area contributed by atoms with Crippen molar-refractivity contribution in [3.8, 4) is 34.2 Å². The third kappa shape index (κ3) is 4.12. The van der Waals surface area contributed by atoms with Gasteiger partial charge in [-0.05, 0) is 73.4 Å². The van der Waals surface area contributed by atoms with Crippen molar-refractivity contribution in [1.82, 2.24) is 15.0 Å². The number of para-hydroxylation sites is 1. The van der Waals surface area contributed by atoms with Crippen molar-refractivity contribution in [2.75, 3.05) is 0 Å². The summed E-state index contributed by atoms with van der Waals surface area (Å²) in [6, 6.07) is 52.8. The fourth-order valence-electron chi connectivity index (χ4n) is 7.01. The zero-order valence-corrected chi connectivity index (χ0v) is 25.2. The summed E-state index contributed by atoms with van der Waals surface area (Å²) in [7, 11) is 0. The van der Waals surface area contributed by atoms with Crippen LogP contribution in [0.1, 0.15) is 0 Å². The molecule has 0 bridgehead atoms. The molecule has 0 N–H and O–H groups in total. The largest absolute Gasteiger partial charge is 0.456 e. The molecule has 0 spiro atoms. The second kappa shape index (κ2) is 10.1. The number of benzene rings is 8. The number of hydrogen-bond acceptors (Lipinski definition) is 4. The molecule has 2 aromatic heterocycles. The second-order valence-electron chi connectivity index (χ2n) is 12.0. The first-order valence-corrected chi connectivity index (χ1v) is 15.8. The molecule has 10 rings (SSSR count). The van der Waals surface area contributed by atoms with E-state index in [4.69, 9.17) is 19.4 Å². The van der Waals surface area contributed by atoms with Gasteiger partial charge in [0.25, 0.3) is 0 Å². The average Bonchev–Trinajstić information content (AvgIpc) is 3.53. The molecular weight excluding hydrogens is 574 g/mol. The Morgan fingerprint density at radius 3 is 1.74 bits per heavy atom. The van der Waals surface area contributed by atoms with Crippen LogP contribution < -0.4 is 0 Å². The highest BCUT2D eigenvalue weighted by atomic mass is 16.3. The van der Waals surface area contributed by atoms with Crippen LogP contribution in [-0.2, 0) is 0 Å². The first-order chi connectivity index (χ1) is 23.3. The standard InChI is InChI=1S/C43H25N3O/c1-2-9-28(10-3-1)41-44-42(31-17-14-26-8-4-5-11-29(26)24-31)46-43(45-41)32-19-20-33-30(25-32)16-15-27-18-21-35-34(39(27)33)22-23-38-40(35)36-12-6-7-13-37(36)47-38/h1-25H. The predicted molar refractivity (Wildman–Crippen MR) is 193 cm³/mol. The Labute approximate surface area is 269 Å². The van der Waals surface area contributed by atoms with Gasteiger partial charge >= 0.3 is 0 Å². The summed E-state index contributed by atoms with van der Waals surface area (Å²) in [6.07, 6.45) is 0. The van der Waals surface area contributed by atoms with E-state index in [1.54, 1.807) is 0 Å². The molecule has 218 valence electrons. The Bertz CT molecular complexity index is 2850. The highest BCUT2D eigenvalue weighted by Crippen LogP contribution is 2.40. The molecule has 0 atom stereocenters. The molecule has 4 heteroatoms. The second-order valence-corrected chi connectivity index (χ2v) is 12.0. The normalized spacial score (nSPS) is 11.8. The van der Waals surface area contributed by atoms with Crippen molar-refractivity contribution in [3.63, 3.8) is 0 Å². The van der Waals surface area contributed by atoms with Gasteiger partial charge in [-0.1, -0.05) is 121 Å². The lowest BCUT2D eigenvalue weighted by atomic mass is 9.93. The molecule has 10 aromatic rings. The van der Waals surface area contributed by atoms with Crippen LogP contribution in [-0.4, -0.2) is 15.0 Å². The maximum atomic E-state index is 6.21. The van der Waals surface area contributed by atoms with E-state index >= 15 is 0 Å². The highest BCUT2D eigenvalue weighted by Gasteiger charge is 2.16. The smallest absolute Gasteiger partial charge is 0.164 e.